The summed E-state index contributed by atoms with van der Waals surface area (Å²) in [7, 11) is 0. The van der Waals surface area contributed by atoms with Gasteiger partial charge in [0, 0.05) is 11.3 Å². The van der Waals surface area contributed by atoms with Gasteiger partial charge in [-0.15, -0.1) is 6.42 Å². The van der Waals surface area contributed by atoms with E-state index in [1.165, 1.54) is 16.7 Å². The predicted octanol–water partition coefficient (Wildman–Crippen LogP) is 2.02. The number of amides is 4. The number of hydrogen-bond donors (Lipinski definition) is 2. The van der Waals surface area contributed by atoms with Crippen molar-refractivity contribution in [2.75, 3.05) is 23.9 Å². The van der Waals surface area contributed by atoms with Crippen LogP contribution in [0.1, 0.15) is 37.7 Å². The third kappa shape index (κ3) is 5.28. The molecule has 1 aliphatic heterocycles. The van der Waals surface area contributed by atoms with Crippen LogP contribution in [0.25, 0.3) is 0 Å². The summed E-state index contributed by atoms with van der Waals surface area (Å²) in [5.74, 6) is 1.11. The average Bonchev–Trinajstić information content (AvgIpc) is 3.03. The van der Waals surface area contributed by atoms with Crippen molar-refractivity contribution in [2.45, 2.75) is 38.1 Å². The van der Waals surface area contributed by atoms with E-state index in [2.05, 4.69) is 16.6 Å². The first-order chi connectivity index (χ1) is 15.0. The van der Waals surface area contributed by atoms with Crippen LogP contribution in [0.2, 0.25) is 0 Å². The fraction of sp³-hybridized carbons (Fsp3) is 0.478. The minimum absolute atomic E-state index is 0.244. The van der Waals surface area contributed by atoms with Crippen molar-refractivity contribution in [1.29, 1.82) is 0 Å². The number of carbonyl (C=O) groups excluding carboxylic acids is 4. The number of anilines is 1. The molecular formula is C23H27N3O4S. The summed E-state index contributed by atoms with van der Waals surface area (Å²) in [5.41, 5.74) is 1.16. The molecule has 1 aliphatic carbocycles. The van der Waals surface area contributed by atoms with Crippen LogP contribution in [-0.2, 0) is 19.2 Å². The Hall–Kier alpha value is -2.79. The zero-order chi connectivity index (χ0) is 22.4. The molecule has 0 aromatic heterocycles. The van der Waals surface area contributed by atoms with Crippen LogP contribution in [0.15, 0.2) is 24.3 Å². The van der Waals surface area contributed by atoms with Crippen molar-refractivity contribution in [3.63, 3.8) is 0 Å². The third-order valence-corrected chi connectivity index (χ3v) is 6.47. The molecule has 1 aromatic rings. The van der Waals surface area contributed by atoms with Gasteiger partial charge in [0.1, 0.15) is 6.04 Å². The van der Waals surface area contributed by atoms with Gasteiger partial charge in [-0.3, -0.25) is 24.1 Å². The minimum Gasteiger partial charge on any atom is -0.345 e. The maximum Gasteiger partial charge on any atom is 0.243 e. The SMILES string of the molecule is C#Cc1cccc(NC(=O)CNC(=O)C(CCSC)N2C(=O)C3CCCCC3C2=O)c1. The van der Waals surface area contributed by atoms with E-state index in [9.17, 15) is 19.2 Å². The molecule has 3 atom stereocenters. The molecule has 1 heterocycles. The lowest BCUT2D eigenvalue weighted by Gasteiger charge is -2.25. The van der Waals surface area contributed by atoms with E-state index in [1.54, 1.807) is 24.3 Å². The summed E-state index contributed by atoms with van der Waals surface area (Å²) in [6.45, 7) is -0.266. The van der Waals surface area contributed by atoms with E-state index >= 15 is 0 Å². The van der Waals surface area contributed by atoms with E-state index in [4.69, 9.17) is 6.42 Å². The number of terminal acetylenes is 1. The Morgan fingerprint density at radius 3 is 2.52 bits per heavy atom. The fourth-order valence-electron chi connectivity index (χ4n) is 4.28. The van der Waals surface area contributed by atoms with Gasteiger partial charge in [-0.25, -0.2) is 0 Å². The highest BCUT2D eigenvalue weighted by Gasteiger charge is 2.51. The molecule has 31 heavy (non-hydrogen) atoms. The van der Waals surface area contributed by atoms with E-state index < -0.39 is 17.9 Å². The molecule has 1 saturated heterocycles. The lowest BCUT2D eigenvalue weighted by Crippen LogP contribution is -2.51. The summed E-state index contributed by atoms with van der Waals surface area (Å²) in [5, 5.41) is 5.27. The molecule has 2 fully saturated rings. The van der Waals surface area contributed by atoms with Crippen molar-refractivity contribution in [3.8, 4) is 12.3 Å². The third-order valence-electron chi connectivity index (χ3n) is 5.82. The summed E-state index contributed by atoms with van der Waals surface area (Å²) >= 11 is 1.54. The van der Waals surface area contributed by atoms with Gasteiger partial charge in [0.2, 0.25) is 23.6 Å². The van der Waals surface area contributed by atoms with Crippen LogP contribution in [0, 0.1) is 24.2 Å². The molecule has 8 heteroatoms. The monoisotopic (exact) mass is 441 g/mol. The molecule has 3 unspecified atom stereocenters. The van der Waals surface area contributed by atoms with Gasteiger partial charge in [-0.05, 0) is 49.5 Å². The number of nitrogens with one attached hydrogen (secondary N) is 2. The van der Waals surface area contributed by atoms with Crippen molar-refractivity contribution in [3.05, 3.63) is 29.8 Å². The van der Waals surface area contributed by atoms with Crippen LogP contribution >= 0.6 is 11.8 Å². The molecule has 1 aromatic carbocycles. The number of nitrogens with zero attached hydrogens (tertiary/aromatic N) is 1. The molecule has 1 saturated carbocycles. The summed E-state index contributed by atoms with van der Waals surface area (Å²) in [6, 6.07) is 5.94. The van der Waals surface area contributed by atoms with Gasteiger partial charge >= 0.3 is 0 Å². The molecule has 7 nitrogen and oxygen atoms in total. The minimum atomic E-state index is -0.893. The number of likely N-dealkylation sites (tertiary alicyclic amines) is 1. The predicted molar refractivity (Wildman–Crippen MR) is 120 cm³/mol. The molecule has 0 radical (unpaired) electrons. The van der Waals surface area contributed by atoms with Crippen LogP contribution in [0.5, 0.6) is 0 Å². The number of rotatable bonds is 8. The number of carbonyl (C=O) groups is 4. The standard InChI is InChI=1S/C23H27N3O4S/c1-3-15-7-6-8-16(13-15)25-20(27)14-24-21(28)19(11-12-31-2)26-22(29)17-9-4-5-10-18(17)23(26)30/h1,6-8,13,17-19H,4-5,9-12,14H2,2H3,(H,24,28)(H,25,27). The van der Waals surface area contributed by atoms with Crippen molar-refractivity contribution < 1.29 is 19.2 Å². The van der Waals surface area contributed by atoms with Crippen molar-refractivity contribution >= 4 is 41.1 Å². The van der Waals surface area contributed by atoms with Crippen LogP contribution in [0.4, 0.5) is 5.69 Å². The van der Waals surface area contributed by atoms with Crippen LogP contribution in [0.3, 0.4) is 0 Å². The zero-order valence-electron chi connectivity index (χ0n) is 17.6. The van der Waals surface area contributed by atoms with Crippen molar-refractivity contribution in [2.24, 2.45) is 11.8 Å². The largest absolute Gasteiger partial charge is 0.345 e. The van der Waals surface area contributed by atoms with E-state index in [0.717, 1.165) is 12.8 Å². The van der Waals surface area contributed by atoms with Gasteiger partial charge in [0.25, 0.3) is 0 Å². The highest BCUT2D eigenvalue weighted by atomic mass is 32.2. The van der Waals surface area contributed by atoms with Gasteiger partial charge in [0.05, 0.1) is 18.4 Å². The number of imide groups is 1. The number of hydrogen-bond acceptors (Lipinski definition) is 5. The summed E-state index contributed by atoms with van der Waals surface area (Å²) < 4.78 is 0. The molecular weight excluding hydrogens is 414 g/mol. The summed E-state index contributed by atoms with van der Waals surface area (Å²) in [4.78, 5) is 52.2. The second kappa shape index (κ2) is 10.5. The Balaban J connectivity index is 1.64. The molecule has 2 N–H and O–H groups in total. The van der Waals surface area contributed by atoms with Gasteiger partial charge in [-0.2, -0.15) is 11.8 Å². The molecule has 0 spiro atoms. The highest BCUT2D eigenvalue weighted by molar-refractivity contribution is 7.98. The lowest BCUT2D eigenvalue weighted by molar-refractivity contribution is -0.148. The Labute approximate surface area is 186 Å². The Kier molecular flexibility index (Phi) is 7.75. The topological polar surface area (TPSA) is 95.6 Å². The fourth-order valence-corrected chi connectivity index (χ4v) is 4.74. The highest BCUT2D eigenvalue weighted by Crippen LogP contribution is 2.39. The van der Waals surface area contributed by atoms with E-state index in [-0.39, 0.29) is 30.2 Å². The maximum atomic E-state index is 12.9. The lowest BCUT2D eigenvalue weighted by atomic mass is 9.81. The number of benzene rings is 1. The van der Waals surface area contributed by atoms with Crippen LogP contribution in [-0.4, -0.2) is 53.1 Å². The number of thioether (sulfide) groups is 1. The summed E-state index contributed by atoms with van der Waals surface area (Å²) in [6.07, 6.45) is 10.9. The Bertz CT molecular complexity index is 886. The molecule has 2 aliphatic rings. The first-order valence-electron chi connectivity index (χ1n) is 10.5. The second-order valence-electron chi connectivity index (χ2n) is 7.83. The Morgan fingerprint density at radius 2 is 1.90 bits per heavy atom. The molecule has 4 amide bonds. The van der Waals surface area contributed by atoms with E-state index in [0.29, 0.717) is 36.3 Å². The first-order valence-corrected chi connectivity index (χ1v) is 11.9. The van der Waals surface area contributed by atoms with E-state index in [1.807, 2.05) is 6.26 Å². The van der Waals surface area contributed by atoms with Crippen LogP contribution < -0.4 is 10.6 Å². The smallest absolute Gasteiger partial charge is 0.243 e. The van der Waals surface area contributed by atoms with Crippen molar-refractivity contribution in [1.82, 2.24) is 10.2 Å². The zero-order valence-corrected chi connectivity index (χ0v) is 18.4. The molecule has 164 valence electrons. The maximum absolute atomic E-state index is 12.9. The molecule has 3 rings (SSSR count). The second-order valence-corrected chi connectivity index (χ2v) is 8.82. The van der Waals surface area contributed by atoms with Gasteiger partial charge < -0.3 is 10.6 Å². The Morgan fingerprint density at radius 1 is 1.23 bits per heavy atom. The number of fused-ring (bicyclic) bond motifs is 1. The first kappa shape index (κ1) is 22.9. The average molecular weight is 442 g/mol. The quantitative estimate of drug-likeness (QED) is 0.475. The molecule has 0 bridgehead atoms. The van der Waals surface area contributed by atoms with Gasteiger partial charge in [-0.1, -0.05) is 24.8 Å². The van der Waals surface area contributed by atoms with Gasteiger partial charge in [0.15, 0.2) is 0 Å². The normalized spacial score (nSPS) is 21.2.